The van der Waals surface area contributed by atoms with Crippen LogP contribution < -0.4 is 0 Å². The van der Waals surface area contributed by atoms with Gasteiger partial charge in [0.15, 0.2) is 0 Å². The lowest BCUT2D eigenvalue weighted by molar-refractivity contribution is 0.178. The van der Waals surface area contributed by atoms with Gasteiger partial charge in [-0.2, -0.15) is 0 Å². The fourth-order valence-corrected chi connectivity index (χ4v) is 2.20. The number of rotatable bonds is 3. The SMILES string of the molecule is CC(C)(C)c1ccc(CC(O)c2cccc(F)c2)cc1. The van der Waals surface area contributed by atoms with Gasteiger partial charge in [-0.3, -0.25) is 0 Å². The summed E-state index contributed by atoms with van der Waals surface area (Å²) in [5.74, 6) is -0.315. The first-order chi connectivity index (χ1) is 9.36. The molecule has 0 aromatic heterocycles. The second kappa shape index (κ2) is 5.76. The summed E-state index contributed by atoms with van der Waals surface area (Å²) in [4.78, 5) is 0. The highest BCUT2D eigenvalue weighted by Crippen LogP contribution is 2.24. The summed E-state index contributed by atoms with van der Waals surface area (Å²) in [7, 11) is 0. The summed E-state index contributed by atoms with van der Waals surface area (Å²) in [5.41, 5.74) is 3.06. The number of aliphatic hydroxyl groups is 1. The molecule has 0 spiro atoms. The minimum atomic E-state index is -0.675. The van der Waals surface area contributed by atoms with Gasteiger partial charge in [0.05, 0.1) is 6.10 Å². The summed E-state index contributed by atoms with van der Waals surface area (Å²) in [6, 6.07) is 14.4. The minimum Gasteiger partial charge on any atom is -0.388 e. The largest absolute Gasteiger partial charge is 0.388 e. The Morgan fingerprint density at radius 2 is 1.70 bits per heavy atom. The van der Waals surface area contributed by atoms with E-state index in [-0.39, 0.29) is 11.2 Å². The maximum Gasteiger partial charge on any atom is 0.123 e. The Hall–Kier alpha value is -1.67. The second-order valence-electron chi connectivity index (χ2n) is 6.22. The van der Waals surface area contributed by atoms with Gasteiger partial charge < -0.3 is 5.11 Å². The number of hydrogen-bond acceptors (Lipinski definition) is 1. The first-order valence-electron chi connectivity index (χ1n) is 6.89. The highest BCUT2D eigenvalue weighted by molar-refractivity contribution is 5.29. The van der Waals surface area contributed by atoms with Gasteiger partial charge in [-0.25, -0.2) is 4.39 Å². The van der Waals surface area contributed by atoms with Gasteiger partial charge in [-0.15, -0.1) is 0 Å². The molecule has 20 heavy (non-hydrogen) atoms. The molecule has 0 saturated carbocycles. The maximum atomic E-state index is 13.1. The fourth-order valence-electron chi connectivity index (χ4n) is 2.20. The van der Waals surface area contributed by atoms with Crippen LogP contribution in [-0.4, -0.2) is 5.11 Å². The van der Waals surface area contributed by atoms with Crippen molar-refractivity contribution in [1.29, 1.82) is 0 Å². The third kappa shape index (κ3) is 3.67. The first kappa shape index (κ1) is 14.7. The second-order valence-corrected chi connectivity index (χ2v) is 6.22. The molecule has 1 N–H and O–H groups in total. The van der Waals surface area contributed by atoms with Crippen LogP contribution in [0.3, 0.4) is 0 Å². The lowest BCUT2D eigenvalue weighted by Crippen LogP contribution is -2.11. The van der Waals surface area contributed by atoms with Gasteiger partial charge in [0.2, 0.25) is 0 Å². The van der Waals surface area contributed by atoms with Crippen LogP contribution in [-0.2, 0) is 11.8 Å². The van der Waals surface area contributed by atoms with Crippen LogP contribution in [0.2, 0.25) is 0 Å². The molecule has 0 aliphatic heterocycles. The van der Waals surface area contributed by atoms with E-state index in [4.69, 9.17) is 0 Å². The Kier molecular flexibility index (Phi) is 4.24. The van der Waals surface area contributed by atoms with Crippen molar-refractivity contribution in [1.82, 2.24) is 0 Å². The van der Waals surface area contributed by atoms with E-state index in [2.05, 4.69) is 32.9 Å². The lowest BCUT2D eigenvalue weighted by Gasteiger charge is -2.19. The maximum absolute atomic E-state index is 13.1. The molecule has 1 nitrogen and oxygen atoms in total. The summed E-state index contributed by atoms with van der Waals surface area (Å²) in [6.45, 7) is 6.51. The smallest absolute Gasteiger partial charge is 0.123 e. The molecule has 2 rings (SSSR count). The minimum absolute atomic E-state index is 0.125. The highest BCUT2D eigenvalue weighted by atomic mass is 19.1. The van der Waals surface area contributed by atoms with Gasteiger partial charge in [0, 0.05) is 6.42 Å². The molecule has 1 atom stereocenters. The third-order valence-electron chi connectivity index (χ3n) is 3.48. The average Bonchev–Trinajstić information content (AvgIpc) is 2.38. The molecule has 0 fully saturated rings. The Morgan fingerprint density at radius 3 is 2.25 bits per heavy atom. The topological polar surface area (TPSA) is 20.2 Å². The molecule has 2 aromatic carbocycles. The van der Waals surface area contributed by atoms with E-state index < -0.39 is 6.10 Å². The van der Waals surface area contributed by atoms with E-state index >= 15 is 0 Å². The van der Waals surface area contributed by atoms with E-state index in [9.17, 15) is 9.50 Å². The number of benzene rings is 2. The van der Waals surface area contributed by atoms with Crippen molar-refractivity contribution >= 4 is 0 Å². The molecule has 0 aliphatic rings. The van der Waals surface area contributed by atoms with Crippen LogP contribution in [0.5, 0.6) is 0 Å². The molecule has 0 heterocycles. The van der Waals surface area contributed by atoms with Crippen molar-refractivity contribution in [3.63, 3.8) is 0 Å². The Balaban J connectivity index is 2.10. The van der Waals surface area contributed by atoms with Crippen molar-refractivity contribution in [2.24, 2.45) is 0 Å². The standard InChI is InChI=1S/C18H21FO/c1-18(2,3)15-9-7-13(8-10-15)11-17(20)14-5-4-6-16(19)12-14/h4-10,12,17,20H,11H2,1-3H3. The third-order valence-corrected chi connectivity index (χ3v) is 3.48. The Bertz CT molecular complexity index is 567. The fraction of sp³-hybridized carbons (Fsp3) is 0.333. The van der Waals surface area contributed by atoms with Crippen LogP contribution in [0.25, 0.3) is 0 Å². The predicted molar refractivity (Wildman–Crippen MR) is 80.2 cm³/mol. The zero-order valence-corrected chi connectivity index (χ0v) is 12.2. The van der Waals surface area contributed by atoms with E-state index in [0.717, 1.165) is 5.56 Å². The van der Waals surface area contributed by atoms with E-state index in [1.54, 1.807) is 12.1 Å². The molecule has 106 valence electrons. The van der Waals surface area contributed by atoms with Crippen molar-refractivity contribution in [3.05, 3.63) is 71.0 Å². The van der Waals surface area contributed by atoms with Gasteiger partial charge in [-0.1, -0.05) is 57.2 Å². The molecule has 2 heteroatoms. The van der Waals surface area contributed by atoms with Crippen LogP contribution >= 0.6 is 0 Å². The molecule has 0 amide bonds. The van der Waals surface area contributed by atoms with Crippen LogP contribution in [0, 0.1) is 5.82 Å². The summed E-state index contributed by atoms with van der Waals surface area (Å²) < 4.78 is 13.1. The summed E-state index contributed by atoms with van der Waals surface area (Å²) in [6.07, 6.45) is -0.181. The van der Waals surface area contributed by atoms with E-state index in [0.29, 0.717) is 12.0 Å². The van der Waals surface area contributed by atoms with Crippen molar-refractivity contribution in [2.45, 2.75) is 38.7 Å². The van der Waals surface area contributed by atoms with Crippen molar-refractivity contribution < 1.29 is 9.50 Å². The summed E-state index contributed by atoms with van der Waals surface area (Å²) in [5, 5.41) is 10.2. The van der Waals surface area contributed by atoms with Crippen LogP contribution in [0.4, 0.5) is 4.39 Å². The van der Waals surface area contributed by atoms with Crippen molar-refractivity contribution in [2.75, 3.05) is 0 Å². The molecule has 0 radical (unpaired) electrons. The quantitative estimate of drug-likeness (QED) is 0.878. The average molecular weight is 272 g/mol. The normalized spacial score (nSPS) is 13.2. The Morgan fingerprint density at radius 1 is 1.05 bits per heavy atom. The number of aliphatic hydroxyl groups excluding tert-OH is 1. The van der Waals surface area contributed by atoms with Gasteiger partial charge >= 0.3 is 0 Å². The monoisotopic (exact) mass is 272 g/mol. The molecular formula is C18H21FO. The van der Waals surface area contributed by atoms with E-state index in [1.807, 2.05) is 12.1 Å². The molecule has 0 aliphatic carbocycles. The zero-order chi connectivity index (χ0) is 14.8. The van der Waals surface area contributed by atoms with Gasteiger partial charge in [0.1, 0.15) is 5.82 Å². The summed E-state index contributed by atoms with van der Waals surface area (Å²) >= 11 is 0. The highest BCUT2D eigenvalue weighted by Gasteiger charge is 2.14. The Labute approximate surface area is 120 Å². The molecule has 1 unspecified atom stereocenters. The molecule has 2 aromatic rings. The molecule has 0 bridgehead atoms. The lowest BCUT2D eigenvalue weighted by atomic mass is 9.86. The first-order valence-corrected chi connectivity index (χ1v) is 6.89. The zero-order valence-electron chi connectivity index (χ0n) is 12.2. The molecular weight excluding hydrogens is 251 g/mol. The molecule has 0 saturated heterocycles. The van der Waals surface area contributed by atoms with Crippen LogP contribution in [0.1, 0.15) is 43.6 Å². The van der Waals surface area contributed by atoms with Crippen molar-refractivity contribution in [3.8, 4) is 0 Å². The van der Waals surface area contributed by atoms with Crippen LogP contribution in [0.15, 0.2) is 48.5 Å². The van der Waals surface area contributed by atoms with Gasteiger partial charge in [-0.05, 0) is 34.2 Å². The predicted octanol–water partition coefficient (Wildman–Crippen LogP) is 4.40. The van der Waals surface area contributed by atoms with E-state index in [1.165, 1.54) is 17.7 Å². The van der Waals surface area contributed by atoms with Gasteiger partial charge in [0.25, 0.3) is 0 Å². The number of halogens is 1. The number of hydrogen-bond donors (Lipinski definition) is 1.